The monoisotopic (exact) mass is 900 g/mol. The zero-order chi connectivity index (χ0) is 46.4. The van der Waals surface area contributed by atoms with Crippen molar-refractivity contribution in [3.05, 3.63) is 97.2 Å². The summed E-state index contributed by atoms with van der Waals surface area (Å²) < 4.78 is 23.6. The first-order chi connectivity index (χ1) is 30.5. The minimum absolute atomic E-state index is 0.0453. The first-order valence-corrected chi connectivity index (χ1v) is 26.6. The summed E-state index contributed by atoms with van der Waals surface area (Å²) in [5.74, 6) is -0.238. The van der Waals surface area contributed by atoms with Crippen LogP contribution in [0.3, 0.4) is 0 Å². The fourth-order valence-corrected chi connectivity index (χ4v) is 7.35. The minimum Gasteiger partial charge on any atom is -0.387 e. The van der Waals surface area contributed by atoms with E-state index in [1.807, 2.05) is 27.2 Å². The van der Waals surface area contributed by atoms with Crippen LogP contribution in [0.5, 0.6) is 0 Å². The van der Waals surface area contributed by atoms with E-state index in [0.29, 0.717) is 17.4 Å². The molecule has 3 N–H and O–H groups in total. The van der Waals surface area contributed by atoms with E-state index in [9.17, 15) is 19.4 Å². The lowest BCUT2D eigenvalue weighted by Gasteiger charge is -2.25. The second-order valence-corrected chi connectivity index (χ2v) is 19.3. The van der Waals surface area contributed by atoms with Crippen molar-refractivity contribution in [2.75, 3.05) is 40.9 Å². The normalized spacial score (nSPS) is 15.0. The van der Waals surface area contributed by atoms with E-state index in [4.69, 9.17) is 9.05 Å². The maximum Gasteiger partial charge on any atom is 0.472 e. The van der Waals surface area contributed by atoms with Crippen molar-refractivity contribution >= 4 is 13.7 Å². The van der Waals surface area contributed by atoms with Gasteiger partial charge in [0.2, 0.25) is 5.91 Å². The minimum atomic E-state index is -4.36. The lowest BCUT2D eigenvalue weighted by Crippen LogP contribution is -2.45. The summed E-state index contributed by atoms with van der Waals surface area (Å²) in [7, 11) is 1.52. The molecule has 0 heterocycles. The van der Waals surface area contributed by atoms with Gasteiger partial charge in [0.1, 0.15) is 13.2 Å². The molecule has 0 aliphatic rings. The van der Waals surface area contributed by atoms with E-state index < -0.39 is 20.0 Å². The van der Waals surface area contributed by atoms with Crippen LogP contribution in [0.2, 0.25) is 0 Å². The maximum absolute atomic E-state index is 12.9. The molecule has 3 unspecified atom stereocenters. The van der Waals surface area contributed by atoms with Crippen molar-refractivity contribution in [2.45, 2.75) is 199 Å². The lowest BCUT2D eigenvalue weighted by molar-refractivity contribution is -0.870. The molecular formula is C54H96N2O6P+. The van der Waals surface area contributed by atoms with Gasteiger partial charge in [-0.05, 0) is 70.6 Å². The number of aliphatic hydroxyl groups is 1. The second-order valence-electron chi connectivity index (χ2n) is 17.8. The predicted molar refractivity (Wildman–Crippen MR) is 272 cm³/mol. The number of carbonyl (C=O) groups is 1. The van der Waals surface area contributed by atoms with Crippen molar-refractivity contribution in [3.63, 3.8) is 0 Å². The van der Waals surface area contributed by atoms with E-state index in [-0.39, 0.29) is 25.5 Å². The molecule has 0 aliphatic carbocycles. The van der Waals surface area contributed by atoms with E-state index >= 15 is 0 Å². The van der Waals surface area contributed by atoms with Crippen LogP contribution in [0.25, 0.3) is 0 Å². The molecule has 0 saturated heterocycles. The SMILES string of the molecule is CC/C=C\C/C=C\C/C=C\C/C=C\C/C=C\C/C=C\C/C=C\CCCC(=O)NC(COP(=O)(O)OCC[N+](C)(C)C)C(O)/C=C/CCCCCCCCCCCCCCCCCC. The Morgan fingerprint density at radius 1 is 0.556 bits per heavy atom. The lowest BCUT2D eigenvalue weighted by atomic mass is 10.0. The summed E-state index contributed by atoms with van der Waals surface area (Å²) in [6.45, 7) is 4.65. The Kier molecular flexibility index (Phi) is 42.8. The number of aliphatic hydroxyl groups excluding tert-OH is 1. The molecule has 0 rings (SSSR count). The molecule has 63 heavy (non-hydrogen) atoms. The summed E-state index contributed by atoms with van der Waals surface area (Å²) in [6, 6.07) is -0.884. The highest BCUT2D eigenvalue weighted by atomic mass is 31.2. The second kappa shape index (κ2) is 44.6. The average Bonchev–Trinajstić information content (AvgIpc) is 3.24. The van der Waals surface area contributed by atoms with Gasteiger partial charge in [0, 0.05) is 6.42 Å². The van der Waals surface area contributed by atoms with E-state index in [2.05, 4.69) is 104 Å². The summed E-state index contributed by atoms with van der Waals surface area (Å²) in [4.78, 5) is 23.2. The number of hydrogen-bond acceptors (Lipinski definition) is 5. The van der Waals surface area contributed by atoms with Gasteiger partial charge in [-0.2, -0.15) is 0 Å². The number of amides is 1. The van der Waals surface area contributed by atoms with Crippen molar-refractivity contribution in [1.29, 1.82) is 0 Å². The first kappa shape index (κ1) is 60.4. The van der Waals surface area contributed by atoms with Gasteiger partial charge in [0.05, 0.1) is 39.9 Å². The number of hydrogen-bond donors (Lipinski definition) is 3. The quantitative estimate of drug-likeness (QED) is 0.0243. The molecule has 0 saturated carbocycles. The third-order valence-corrected chi connectivity index (χ3v) is 11.5. The van der Waals surface area contributed by atoms with Gasteiger partial charge in [-0.1, -0.05) is 207 Å². The smallest absolute Gasteiger partial charge is 0.387 e. The molecule has 0 radical (unpaired) electrons. The molecule has 8 nitrogen and oxygen atoms in total. The molecule has 9 heteroatoms. The van der Waals surface area contributed by atoms with E-state index in [0.717, 1.165) is 70.6 Å². The average molecular weight is 900 g/mol. The number of nitrogens with one attached hydrogen (secondary N) is 1. The number of phosphoric acid groups is 1. The Morgan fingerprint density at radius 2 is 0.952 bits per heavy atom. The van der Waals surface area contributed by atoms with Gasteiger partial charge in [-0.3, -0.25) is 13.8 Å². The van der Waals surface area contributed by atoms with Crippen LogP contribution < -0.4 is 5.32 Å². The number of carbonyl (C=O) groups excluding carboxylic acids is 1. The van der Waals surface area contributed by atoms with Crippen LogP contribution in [0.1, 0.15) is 187 Å². The molecule has 0 aromatic carbocycles. The van der Waals surface area contributed by atoms with Crippen molar-refractivity contribution in [1.82, 2.24) is 5.32 Å². The molecule has 0 bridgehead atoms. The maximum atomic E-state index is 12.9. The molecule has 3 atom stereocenters. The van der Waals surface area contributed by atoms with Gasteiger partial charge >= 0.3 is 7.82 Å². The zero-order valence-corrected chi connectivity index (χ0v) is 41.9. The fraction of sp³-hybridized carbons (Fsp3) is 0.685. The molecule has 1 amide bonds. The third kappa shape index (κ3) is 47.2. The van der Waals surface area contributed by atoms with Crippen molar-refractivity contribution in [2.24, 2.45) is 0 Å². The number of rotatable bonds is 44. The molecule has 0 aromatic rings. The molecule has 0 aromatic heterocycles. The van der Waals surface area contributed by atoms with Crippen LogP contribution >= 0.6 is 7.82 Å². The van der Waals surface area contributed by atoms with Gasteiger partial charge < -0.3 is 19.8 Å². The van der Waals surface area contributed by atoms with Gasteiger partial charge in [-0.15, -0.1) is 0 Å². The van der Waals surface area contributed by atoms with Crippen molar-refractivity contribution in [3.8, 4) is 0 Å². The number of phosphoric ester groups is 1. The molecule has 0 spiro atoms. The number of allylic oxidation sites excluding steroid dienone is 15. The summed E-state index contributed by atoms with van der Waals surface area (Å²) in [6.07, 6.45) is 63.5. The van der Waals surface area contributed by atoms with Crippen molar-refractivity contribution < 1.29 is 32.9 Å². The Hall–Kier alpha value is -2.58. The zero-order valence-electron chi connectivity index (χ0n) is 41.0. The Labute approximate surface area is 388 Å². The highest BCUT2D eigenvalue weighted by Crippen LogP contribution is 2.43. The summed E-state index contributed by atoms with van der Waals surface area (Å²) >= 11 is 0. The molecular weight excluding hydrogens is 804 g/mol. The summed E-state index contributed by atoms with van der Waals surface area (Å²) in [5, 5.41) is 13.8. The number of likely N-dealkylation sites (N-methyl/N-ethyl adjacent to an activating group) is 1. The molecule has 0 fully saturated rings. The standard InChI is InChI=1S/C54H95N2O6P/c1-6-8-10-12-14-16-18-20-22-24-26-27-28-29-30-32-34-36-38-40-42-44-46-48-54(58)55-52(51-62-63(59,60)61-50-49-56(3,4)5)53(57)47-45-43-41-39-37-35-33-31-25-23-21-19-17-15-13-11-9-7-2/h8,10,14,16,20,22,26-27,29-30,34,36,40,42,45,47,52-53,57H,6-7,9,11-13,15,17-19,21,23-25,28,31-33,35,37-39,41,43-44,46,48-51H2,1-5H3,(H-,55,58,59,60)/p+1/b10-8-,16-14-,22-20-,27-26-,30-29-,36-34-,42-40-,47-45+. The number of nitrogens with zero attached hydrogens (tertiary/aromatic N) is 1. The number of quaternary nitrogens is 1. The van der Waals surface area contributed by atoms with Crippen LogP contribution in [-0.2, 0) is 18.4 Å². The third-order valence-electron chi connectivity index (χ3n) is 10.6. The van der Waals surface area contributed by atoms with Crippen LogP contribution in [-0.4, -0.2) is 73.4 Å². The highest BCUT2D eigenvalue weighted by Gasteiger charge is 2.27. The molecule has 0 aliphatic heterocycles. The molecule has 362 valence electrons. The predicted octanol–water partition coefficient (Wildman–Crippen LogP) is 14.7. The van der Waals surface area contributed by atoms with Crippen LogP contribution in [0, 0.1) is 0 Å². The van der Waals surface area contributed by atoms with Gasteiger partial charge in [-0.25, -0.2) is 4.57 Å². The Bertz CT molecular complexity index is 1340. The fourth-order valence-electron chi connectivity index (χ4n) is 6.62. The number of unbranched alkanes of at least 4 members (excludes halogenated alkanes) is 17. The Morgan fingerprint density at radius 3 is 1.38 bits per heavy atom. The first-order valence-electron chi connectivity index (χ1n) is 25.1. The van der Waals surface area contributed by atoms with E-state index in [1.165, 1.54) is 89.9 Å². The summed E-state index contributed by atoms with van der Waals surface area (Å²) in [5.41, 5.74) is 0. The van der Waals surface area contributed by atoms with Crippen LogP contribution in [0.15, 0.2) is 97.2 Å². The van der Waals surface area contributed by atoms with Gasteiger partial charge in [0.25, 0.3) is 0 Å². The largest absolute Gasteiger partial charge is 0.472 e. The topological polar surface area (TPSA) is 105 Å². The Balaban J connectivity index is 4.48. The van der Waals surface area contributed by atoms with Gasteiger partial charge in [0.15, 0.2) is 0 Å². The highest BCUT2D eigenvalue weighted by molar-refractivity contribution is 7.47. The van der Waals surface area contributed by atoms with Crippen LogP contribution in [0.4, 0.5) is 0 Å². The van der Waals surface area contributed by atoms with E-state index in [1.54, 1.807) is 6.08 Å².